The highest BCUT2D eigenvalue weighted by Gasteiger charge is 2.10. The van der Waals surface area contributed by atoms with E-state index in [-0.39, 0.29) is 10.6 Å². The number of methoxy groups -OCH3 is 1. The van der Waals surface area contributed by atoms with Gasteiger partial charge >= 0.3 is 0 Å². The first-order valence-corrected chi connectivity index (χ1v) is 3.32. The van der Waals surface area contributed by atoms with E-state index in [9.17, 15) is 8.78 Å². The Kier molecular flexibility index (Phi) is 2.34. The lowest BCUT2D eigenvalue weighted by molar-refractivity contribution is 0.362. The van der Waals surface area contributed by atoms with Crippen molar-refractivity contribution >= 4 is 12.6 Å². The number of rotatable bonds is 1. The van der Waals surface area contributed by atoms with Crippen molar-refractivity contribution in [3.8, 4) is 5.75 Å². The molecular formula is C7H6F2OS. The molecule has 0 unspecified atom stereocenters. The van der Waals surface area contributed by atoms with Gasteiger partial charge in [-0.3, -0.25) is 0 Å². The number of benzene rings is 1. The van der Waals surface area contributed by atoms with Crippen LogP contribution in [0.3, 0.4) is 0 Å². The predicted molar refractivity (Wildman–Crippen MR) is 40.2 cm³/mol. The van der Waals surface area contributed by atoms with Gasteiger partial charge in [0.2, 0.25) is 5.82 Å². The predicted octanol–water partition coefficient (Wildman–Crippen LogP) is 2.26. The summed E-state index contributed by atoms with van der Waals surface area (Å²) in [7, 11) is 1.26. The molecule has 0 heterocycles. The van der Waals surface area contributed by atoms with Crippen LogP contribution in [0.4, 0.5) is 8.78 Å². The Morgan fingerprint density at radius 1 is 1.36 bits per heavy atom. The van der Waals surface area contributed by atoms with E-state index in [4.69, 9.17) is 0 Å². The van der Waals surface area contributed by atoms with Crippen LogP contribution in [0.2, 0.25) is 0 Å². The minimum absolute atomic E-state index is 0.159. The van der Waals surface area contributed by atoms with Crippen molar-refractivity contribution in [2.24, 2.45) is 0 Å². The van der Waals surface area contributed by atoms with Gasteiger partial charge in [0, 0.05) is 4.90 Å². The Hall–Kier alpha value is -0.770. The largest absolute Gasteiger partial charge is 0.492 e. The first-order chi connectivity index (χ1) is 5.16. The Morgan fingerprint density at radius 3 is 2.45 bits per heavy atom. The molecule has 0 bridgehead atoms. The molecule has 0 aliphatic rings. The van der Waals surface area contributed by atoms with Crippen LogP contribution >= 0.6 is 12.6 Å². The molecule has 0 spiro atoms. The molecular weight excluding hydrogens is 170 g/mol. The lowest BCUT2D eigenvalue weighted by Crippen LogP contribution is -1.92. The minimum Gasteiger partial charge on any atom is -0.492 e. The third kappa shape index (κ3) is 1.45. The summed E-state index contributed by atoms with van der Waals surface area (Å²) in [5.74, 6) is -2.09. The minimum atomic E-state index is -1.000. The van der Waals surface area contributed by atoms with Crippen LogP contribution in [-0.2, 0) is 0 Å². The van der Waals surface area contributed by atoms with E-state index in [1.807, 2.05) is 0 Å². The van der Waals surface area contributed by atoms with Gasteiger partial charge in [-0.15, -0.1) is 12.6 Å². The molecule has 0 amide bonds. The third-order valence-corrected chi connectivity index (χ3v) is 1.59. The van der Waals surface area contributed by atoms with E-state index in [0.717, 1.165) is 6.07 Å². The number of ether oxygens (including phenoxy) is 1. The number of hydrogen-bond acceptors (Lipinski definition) is 2. The van der Waals surface area contributed by atoms with Gasteiger partial charge in [-0.1, -0.05) is 0 Å². The lowest BCUT2D eigenvalue weighted by atomic mass is 10.3. The maximum absolute atomic E-state index is 12.7. The molecule has 0 saturated heterocycles. The molecule has 1 aromatic rings. The van der Waals surface area contributed by atoms with E-state index < -0.39 is 11.6 Å². The quantitative estimate of drug-likeness (QED) is 0.646. The highest BCUT2D eigenvalue weighted by atomic mass is 32.1. The molecule has 0 aromatic heterocycles. The molecule has 0 aliphatic carbocycles. The van der Waals surface area contributed by atoms with Crippen molar-refractivity contribution in [2.45, 2.75) is 4.90 Å². The number of thiol groups is 1. The molecule has 0 saturated carbocycles. The van der Waals surface area contributed by atoms with Gasteiger partial charge in [-0.25, -0.2) is 4.39 Å². The molecule has 4 heteroatoms. The van der Waals surface area contributed by atoms with Crippen LogP contribution in [0.5, 0.6) is 5.75 Å². The highest BCUT2D eigenvalue weighted by Crippen LogP contribution is 2.27. The van der Waals surface area contributed by atoms with Gasteiger partial charge in [0.1, 0.15) is 0 Å². The summed E-state index contributed by atoms with van der Waals surface area (Å²) in [6.45, 7) is 0. The van der Waals surface area contributed by atoms with Crippen molar-refractivity contribution in [3.05, 3.63) is 23.8 Å². The van der Waals surface area contributed by atoms with Crippen molar-refractivity contribution in [1.29, 1.82) is 0 Å². The Bertz CT molecular complexity index is 275. The Labute approximate surface area is 68.4 Å². The number of hydrogen-bond donors (Lipinski definition) is 1. The monoisotopic (exact) mass is 176 g/mol. The zero-order chi connectivity index (χ0) is 8.43. The molecule has 0 radical (unpaired) electrons. The van der Waals surface area contributed by atoms with Gasteiger partial charge in [0.25, 0.3) is 0 Å². The fraction of sp³-hybridized carbons (Fsp3) is 0.143. The first kappa shape index (κ1) is 8.33. The maximum atomic E-state index is 12.7. The highest BCUT2D eigenvalue weighted by molar-refractivity contribution is 7.80. The molecule has 0 aliphatic heterocycles. The molecule has 0 atom stereocenters. The van der Waals surface area contributed by atoms with E-state index >= 15 is 0 Å². The zero-order valence-electron chi connectivity index (χ0n) is 5.77. The van der Waals surface area contributed by atoms with Crippen LogP contribution < -0.4 is 4.74 Å². The average molecular weight is 176 g/mol. The summed E-state index contributed by atoms with van der Waals surface area (Å²) < 4.78 is 29.7. The summed E-state index contributed by atoms with van der Waals surface area (Å²) in [6.07, 6.45) is 0. The summed E-state index contributed by atoms with van der Waals surface area (Å²) in [6, 6.07) is 2.33. The second-order valence-electron chi connectivity index (χ2n) is 1.91. The fourth-order valence-electron chi connectivity index (χ4n) is 0.716. The van der Waals surface area contributed by atoms with Crippen molar-refractivity contribution in [3.63, 3.8) is 0 Å². The van der Waals surface area contributed by atoms with Crippen molar-refractivity contribution in [2.75, 3.05) is 7.11 Å². The van der Waals surface area contributed by atoms with Crippen LogP contribution in [-0.4, -0.2) is 7.11 Å². The van der Waals surface area contributed by atoms with E-state index in [2.05, 4.69) is 17.4 Å². The van der Waals surface area contributed by atoms with Gasteiger partial charge in [-0.05, 0) is 12.1 Å². The Balaban J connectivity index is 3.29. The summed E-state index contributed by atoms with van der Waals surface area (Å²) in [5, 5.41) is 0. The van der Waals surface area contributed by atoms with Gasteiger partial charge in [0.15, 0.2) is 11.6 Å². The normalized spacial score (nSPS) is 9.82. The van der Waals surface area contributed by atoms with Crippen LogP contribution in [0.25, 0.3) is 0 Å². The zero-order valence-corrected chi connectivity index (χ0v) is 6.66. The standard InChI is InChI=1S/C7H6F2OS/c1-10-7-5(11)3-2-4(8)6(7)9/h2-3,11H,1H3. The molecule has 1 aromatic carbocycles. The molecule has 11 heavy (non-hydrogen) atoms. The third-order valence-electron chi connectivity index (χ3n) is 1.23. The van der Waals surface area contributed by atoms with Gasteiger partial charge in [0.05, 0.1) is 7.11 Å². The first-order valence-electron chi connectivity index (χ1n) is 2.87. The molecule has 1 rings (SSSR count). The number of halogens is 2. The van der Waals surface area contributed by atoms with Crippen molar-refractivity contribution < 1.29 is 13.5 Å². The van der Waals surface area contributed by atoms with E-state index in [0.29, 0.717) is 0 Å². The summed E-state index contributed by atoms with van der Waals surface area (Å²) in [4.78, 5) is 0.284. The van der Waals surface area contributed by atoms with Gasteiger partial charge < -0.3 is 4.74 Å². The summed E-state index contributed by atoms with van der Waals surface area (Å²) >= 11 is 3.86. The average Bonchev–Trinajstić information content (AvgIpc) is 1.99. The van der Waals surface area contributed by atoms with E-state index in [1.165, 1.54) is 13.2 Å². The second-order valence-corrected chi connectivity index (χ2v) is 2.40. The van der Waals surface area contributed by atoms with Crippen molar-refractivity contribution in [1.82, 2.24) is 0 Å². The maximum Gasteiger partial charge on any atom is 0.201 e. The smallest absolute Gasteiger partial charge is 0.201 e. The van der Waals surface area contributed by atoms with Gasteiger partial charge in [-0.2, -0.15) is 4.39 Å². The van der Waals surface area contributed by atoms with Crippen LogP contribution in [0.1, 0.15) is 0 Å². The van der Waals surface area contributed by atoms with Crippen LogP contribution in [0.15, 0.2) is 17.0 Å². The molecule has 0 N–H and O–H groups in total. The lowest BCUT2D eigenvalue weighted by Gasteiger charge is -2.04. The fourth-order valence-corrected chi connectivity index (χ4v) is 0.980. The Morgan fingerprint density at radius 2 is 2.00 bits per heavy atom. The van der Waals surface area contributed by atoms with E-state index in [1.54, 1.807) is 0 Å². The topological polar surface area (TPSA) is 9.23 Å². The molecule has 60 valence electrons. The SMILES string of the molecule is COc1c(S)ccc(F)c1F. The van der Waals surface area contributed by atoms with Crippen LogP contribution in [0, 0.1) is 11.6 Å². The second kappa shape index (κ2) is 3.09. The molecule has 1 nitrogen and oxygen atoms in total. The summed E-state index contributed by atoms with van der Waals surface area (Å²) in [5.41, 5.74) is 0. The molecule has 0 fully saturated rings.